The van der Waals surface area contributed by atoms with Crippen molar-refractivity contribution in [2.45, 2.75) is 52.1 Å². The van der Waals surface area contributed by atoms with E-state index in [1.54, 1.807) is 0 Å². The number of amides is 1. The van der Waals surface area contributed by atoms with Gasteiger partial charge in [-0.15, -0.1) is 0 Å². The molecule has 0 aliphatic rings. The summed E-state index contributed by atoms with van der Waals surface area (Å²) in [5.41, 5.74) is 6.86. The first-order valence-electron chi connectivity index (χ1n) is 7.32. The third-order valence-electron chi connectivity index (χ3n) is 3.22. The summed E-state index contributed by atoms with van der Waals surface area (Å²) in [7, 11) is 0. The number of nitrogens with two attached hydrogens (primary N) is 1. The zero-order chi connectivity index (χ0) is 15.0. The number of rotatable bonds is 8. The van der Waals surface area contributed by atoms with Crippen LogP contribution in [0.25, 0.3) is 0 Å². The minimum atomic E-state index is -0.0747. The van der Waals surface area contributed by atoms with Crippen molar-refractivity contribution in [2.24, 2.45) is 5.73 Å². The molecule has 0 aliphatic heterocycles. The topological polar surface area (TPSA) is 64.3 Å². The van der Waals surface area contributed by atoms with Crippen molar-refractivity contribution in [3.05, 3.63) is 29.8 Å². The SMILES string of the molecule is CCC(CC)NC(=O)COc1ccccc1CC(C)N. The van der Waals surface area contributed by atoms with Gasteiger partial charge in [0.2, 0.25) is 0 Å². The van der Waals surface area contributed by atoms with E-state index in [-0.39, 0.29) is 24.6 Å². The molecule has 1 unspecified atom stereocenters. The van der Waals surface area contributed by atoms with Crippen molar-refractivity contribution >= 4 is 5.91 Å². The molecule has 0 radical (unpaired) electrons. The van der Waals surface area contributed by atoms with Crippen molar-refractivity contribution < 1.29 is 9.53 Å². The van der Waals surface area contributed by atoms with Crippen LogP contribution >= 0.6 is 0 Å². The second-order valence-electron chi connectivity index (χ2n) is 5.16. The van der Waals surface area contributed by atoms with Crippen LogP contribution in [-0.2, 0) is 11.2 Å². The van der Waals surface area contributed by atoms with Crippen molar-refractivity contribution in [3.8, 4) is 5.75 Å². The highest BCUT2D eigenvalue weighted by atomic mass is 16.5. The smallest absolute Gasteiger partial charge is 0.258 e. The van der Waals surface area contributed by atoms with Gasteiger partial charge in [0.1, 0.15) is 5.75 Å². The normalized spacial score (nSPS) is 12.2. The van der Waals surface area contributed by atoms with E-state index >= 15 is 0 Å². The van der Waals surface area contributed by atoms with Crippen LogP contribution in [-0.4, -0.2) is 24.6 Å². The first kappa shape index (κ1) is 16.5. The van der Waals surface area contributed by atoms with Gasteiger partial charge in [-0.2, -0.15) is 0 Å². The summed E-state index contributed by atoms with van der Waals surface area (Å²) in [6.45, 7) is 6.13. The molecule has 20 heavy (non-hydrogen) atoms. The molecule has 0 bridgehead atoms. The van der Waals surface area contributed by atoms with Gasteiger partial charge in [-0.3, -0.25) is 4.79 Å². The van der Waals surface area contributed by atoms with E-state index in [9.17, 15) is 4.79 Å². The molecule has 0 aliphatic carbocycles. The summed E-state index contributed by atoms with van der Waals surface area (Å²) < 4.78 is 5.62. The van der Waals surface area contributed by atoms with Gasteiger partial charge in [0.15, 0.2) is 6.61 Å². The molecule has 1 atom stereocenters. The van der Waals surface area contributed by atoms with Crippen LogP contribution in [0.2, 0.25) is 0 Å². The second kappa shape index (κ2) is 8.59. The number of nitrogens with one attached hydrogen (secondary N) is 1. The number of para-hydroxylation sites is 1. The predicted molar refractivity (Wildman–Crippen MR) is 81.8 cm³/mol. The Morgan fingerprint density at radius 2 is 1.95 bits per heavy atom. The number of hydrogen-bond donors (Lipinski definition) is 2. The van der Waals surface area contributed by atoms with Gasteiger partial charge < -0.3 is 15.8 Å². The zero-order valence-corrected chi connectivity index (χ0v) is 12.7. The fraction of sp³-hybridized carbons (Fsp3) is 0.562. The lowest BCUT2D eigenvalue weighted by molar-refractivity contribution is -0.123. The standard InChI is InChI=1S/C16H26N2O2/c1-4-14(5-2)18-16(19)11-20-15-9-7-6-8-13(15)10-12(3)17/h6-9,12,14H,4-5,10-11,17H2,1-3H3,(H,18,19). The van der Waals surface area contributed by atoms with E-state index in [4.69, 9.17) is 10.5 Å². The van der Waals surface area contributed by atoms with Crippen molar-refractivity contribution in [2.75, 3.05) is 6.61 Å². The number of ether oxygens (including phenoxy) is 1. The van der Waals surface area contributed by atoms with Gasteiger partial charge in [-0.1, -0.05) is 32.0 Å². The van der Waals surface area contributed by atoms with Crippen LogP contribution in [0, 0.1) is 0 Å². The lowest BCUT2D eigenvalue weighted by Gasteiger charge is -2.16. The Bertz CT molecular complexity index is 415. The van der Waals surface area contributed by atoms with E-state index in [0.717, 1.165) is 30.6 Å². The molecule has 4 heteroatoms. The van der Waals surface area contributed by atoms with Crippen molar-refractivity contribution in [1.82, 2.24) is 5.32 Å². The Hall–Kier alpha value is -1.55. The molecule has 1 aromatic carbocycles. The van der Waals surface area contributed by atoms with Gasteiger partial charge in [-0.25, -0.2) is 0 Å². The second-order valence-corrected chi connectivity index (χ2v) is 5.16. The van der Waals surface area contributed by atoms with Crippen LogP contribution in [0.15, 0.2) is 24.3 Å². The Morgan fingerprint density at radius 1 is 1.30 bits per heavy atom. The third kappa shape index (κ3) is 5.61. The predicted octanol–water partition coefficient (Wildman–Crippen LogP) is 2.26. The number of benzene rings is 1. The molecule has 0 spiro atoms. The summed E-state index contributed by atoms with van der Waals surface area (Å²) in [5, 5.41) is 2.96. The lowest BCUT2D eigenvalue weighted by atomic mass is 10.1. The Morgan fingerprint density at radius 3 is 2.55 bits per heavy atom. The fourth-order valence-electron chi connectivity index (χ4n) is 2.07. The highest BCUT2D eigenvalue weighted by Gasteiger charge is 2.10. The minimum Gasteiger partial charge on any atom is -0.483 e. The largest absolute Gasteiger partial charge is 0.483 e. The molecular weight excluding hydrogens is 252 g/mol. The van der Waals surface area contributed by atoms with Gasteiger partial charge in [-0.05, 0) is 37.8 Å². The van der Waals surface area contributed by atoms with E-state index in [1.807, 2.05) is 31.2 Å². The summed E-state index contributed by atoms with van der Waals surface area (Å²) in [5.74, 6) is 0.666. The van der Waals surface area contributed by atoms with E-state index in [2.05, 4.69) is 19.2 Å². The molecule has 1 rings (SSSR count). The summed E-state index contributed by atoms with van der Waals surface area (Å²) >= 11 is 0. The van der Waals surface area contributed by atoms with Crippen LogP contribution in [0.4, 0.5) is 0 Å². The molecule has 0 fully saturated rings. The van der Waals surface area contributed by atoms with E-state index < -0.39 is 0 Å². The van der Waals surface area contributed by atoms with Crippen LogP contribution in [0.1, 0.15) is 39.2 Å². The third-order valence-corrected chi connectivity index (χ3v) is 3.22. The molecule has 1 aromatic rings. The lowest BCUT2D eigenvalue weighted by Crippen LogP contribution is -2.37. The van der Waals surface area contributed by atoms with Gasteiger partial charge >= 0.3 is 0 Å². The molecule has 0 saturated heterocycles. The Labute approximate surface area is 121 Å². The van der Waals surface area contributed by atoms with Crippen LogP contribution in [0.5, 0.6) is 5.75 Å². The van der Waals surface area contributed by atoms with Gasteiger partial charge in [0.05, 0.1) is 0 Å². The first-order valence-corrected chi connectivity index (χ1v) is 7.32. The molecule has 4 nitrogen and oxygen atoms in total. The molecule has 1 amide bonds. The molecular formula is C16H26N2O2. The monoisotopic (exact) mass is 278 g/mol. The summed E-state index contributed by atoms with van der Waals surface area (Å²) in [4.78, 5) is 11.8. The molecule has 3 N–H and O–H groups in total. The minimum absolute atomic E-state index is 0.0481. The van der Waals surface area contributed by atoms with Crippen LogP contribution < -0.4 is 15.8 Å². The zero-order valence-electron chi connectivity index (χ0n) is 12.7. The Balaban J connectivity index is 2.54. The van der Waals surface area contributed by atoms with E-state index in [1.165, 1.54) is 0 Å². The quantitative estimate of drug-likeness (QED) is 0.766. The van der Waals surface area contributed by atoms with Crippen LogP contribution in [0.3, 0.4) is 0 Å². The first-order chi connectivity index (χ1) is 9.56. The molecule has 0 saturated carbocycles. The summed E-state index contributed by atoms with van der Waals surface area (Å²) in [6, 6.07) is 8.01. The summed E-state index contributed by atoms with van der Waals surface area (Å²) in [6.07, 6.45) is 2.61. The van der Waals surface area contributed by atoms with E-state index in [0.29, 0.717) is 0 Å². The Kier molecular flexibility index (Phi) is 7.09. The average molecular weight is 278 g/mol. The highest BCUT2D eigenvalue weighted by Crippen LogP contribution is 2.19. The van der Waals surface area contributed by atoms with Crippen molar-refractivity contribution in [1.29, 1.82) is 0 Å². The maximum absolute atomic E-state index is 11.8. The number of hydrogen-bond acceptors (Lipinski definition) is 3. The van der Waals surface area contributed by atoms with Gasteiger partial charge in [0, 0.05) is 12.1 Å². The van der Waals surface area contributed by atoms with Gasteiger partial charge in [0.25, 0.3) is 5.91 Å². The number of carbonyl (C=O) groups excluding carboxylic acids is 1. The maximum Gasteiger partial charge on any atom is 0.258 e. The highest BCUT2D eigenvalue weighted by molar-refractivity contribution is 5.77. The number of carbonyl (C=O) groups is 1. The molecule has 0 aromatic heterocycles. The molecule has 0 heterocycles. The van der Waals surface area contributed by atoms with Crippen molar-refractivity contribution in [3.63, 3.8) is 0 Å². The fourth-order valence-corrected chi connectivity index (χ4v) is 2.07. The molecule has 112 valence electrons. The average Bonchev–Trinajstić information content (AvgIpc) is 2.43. The maximum atomic E-state index is 11.8.